The SMILES string of the molecule is NC(=S)Nc1cc(C(F)(F)F)ccc1Oc1ccc(-c2ccccc2)cc1. The molecular formula is C20H15F3N2OS. The molecule has 0 amide bonds. The predicted octanol–water partition coefficient (Wildman–Crippen LogP) is 5.82. The Morgan fingerprint density at radius 3 is 2.11 bits per heavy atom. The van der Waals surface area contributed by atoms with Gasteiger partial charge in [-0.2, -0.15) is 13.2 Å². The first kappa shape index (κ1) is 18.7. The molecule has 3 aromatic carbocycles. The summed E-state index contributed by atoms with van der Waals surface area (Å²) in [6.07, 6.45) is -4.48. The zero-order valence-electron chi connectivity index (χ0n) is 14.0. The van der Waals surface area contributed by atoms with Crippen LogP contribution in [0.3, 0.4) is 0 Å². The monoisotopic (exact) mass is 388 g/mol. The van der Waals surface area contributed by atoms with Gasteiger partial charge < -0.3 is 15.8 Å². The van der Waals surface area contributed by atoms with E-state index < -0.39 is 11.7 Å². The van der Waals surface area contributed by atoms with Crippen molar-refractivity contribution in [3.63, 3.8) is 0 Å². The average Bonchev–Trinajstić information content (AvgIpc) is 2.63. The minimum absolute atomic E-state index is 0.0458. The van der Waals surface area contributed by atoms with E-state index in [0.717, 1.165) is 23.3 Å². The summed E-state index contributed by atoms with van der Waals surface area (Å²) in [7, 11) is 0. The summed E-state index contributed by atoms with van der Waals surface area (Å²) in [5.74, 6) is 0.656. The van der Waals surface area contributed by atoms with Crippen molar-refractivity contribution in [1.82, 2.24) is 0 Å². The van der Waals surface area contributed by atoms with Crippen LogP contribution >= 0.6 is 12.2 Å². The lowest BCUT2D eigenvalue weighted by molar-refractivity contribution is -0.137. The Kier molecular flexibility index (Phi) is 5.32. The Morgan fingerprint density at radius 2 is 1.52 bits per heavy atom. The van der Waals surface area contributed by atoms with Crippen LogP contribution in [0, 0.1) is 0 Å². The van der Waals surface area contributed by atoms with Gasteiger partial charge in [-0.3, -0.25) is 0 Å². The molecule has 0 aliphatic rings. The van der Waals surface area contributed by atoms with Crippen molar-refractivity contribution >= 4 is 23.0 Å². The number of nitrogens with two attached hydrogens (primary N) is 1. The van der Waals surface area contributed by atoms with Crippen LogP contribution < -0.4 is 15.8 Å². The first-order valence-electron chi connectivity index (χ1n) is 7.94. The minimum Gasteiger partial charge on any atom is -0.455 e. The molecular weight excluding hydrogens is 373 g/mol. The van der Waals surface area contributed by atoms with Gasteiger partial charge in [0.2, 0.25) is 0 Å². The zero-order valence-corrected chi connectivity index (χ0v) is 14.8. The van der Waals surface area contributed by atoms with Crippen molar-refractivity contribution in [1.29, 1.82) is 0 Å². The van der Waals surface area contributed by atoms with Crippen molar-refractivity contribution in [3.05, 3.63) is 78.4 Å². The van der Waals surface area contributed by atoms with Crippen LogP contribution in [0.25, 0.3) is 11.1 Å². The fraction of sp³-hybridized carbons (Fsp3) is 0.0500. The summed E-state index contributed by atoms with van der Waals surface area (Å²) < 4.78 is 44.5. The van der Waals surface area contributed by atoms with Gasteiger partial charge in [-0.05, 0) is 53.7 Å². The van der Waals surface area contributed by atoms with Gasteiger partial charge in [0.05, 0.1) is 11.3 Å². The van der Waals surface area contributed by atoms with Crippen molar-refractivity contribution in [2.45, 2.75) is 6.18 Å². The van der Waals surface area contributed by atoms with E-state index in [0.29, 0.717) is 5.75 Å². The van der Waals surface area contributed by atoms with Gasteiger partial charge >= 0.3 is 6.18 Å². The molecule has 0 saturated carbocycles. The Morgan fingerprint density at radius 1 is 0.889 bits per heavy atom. The zero-order chi connectivity index (χ0) is 19.4. The summed E-state index contributed by atoms with van der Waals surface area (Å²) in [4.78, 5) is 0. The molecule has 3 aromatic rings. The molecule has 7 heteroatoms. The highest BCUT2D eigenvalue weighted by Crippen LogP contribution is 2.37. The van der Waals surface area contributed by atoms with E-state index in [9.17, 15) is 13.2 Å². The molecule has 0 bridgehead atoms. The predicted molar refractivity (Wildman–Crippen MR) is 104 cm³/mol. The normalized spacial score (nSPS) is 11.1. The van der Waals surface area contributed by atoms with E-state index in [1.54, 1.807) is 12.1 Å². The molecule has 0 fully saturated rings. The fourth-order valence-corrected chi connectivity index (χ4v) is 2.61. The van der Waals surface area contributed by atoms with Crippen molar-refractivity contribution < 1.29 is 17.9 Å². The minimum atomic E-state index is -4.48. The van der Waals surface area contributed by atoms with Gasteiger partial charge in [0.15, 0.2) is 10.9 Å². The molecule has 27 heavy (non-hydrogen) atoms. The van der Waals surface area contributed by atoms with Gasteiger partial charge in [0, 0.05) is 0 Å². The lowest BCUT2D eigenvalue weighted by Crippen LogP contribution is -2.19. The number of hydrogen-bond donors (Lipinski definition) is 2. The molecule has 0 heterocycles. The number of rotatable bonds is 4. The molecule has 0 saturated heterocycles. The van der Waals surface area contributed by atoms with Crippen LogP contribution in [0.1, 0.15) is 5.56 Å². The summed E-state index contributed by atoms with van der Waals surface area (Å²) in [6, 6.07) is 20.1. The lowest BCUT2D eigenvalue weighted by Gasteiger charge is -2.15. The number of benzene rings is 3. The molecule has 0 unspecified atom stereocenters. The molecule has 3 rings (SSSR count). The van der Waals surface area contributed by atoms with Gasteiger partial charge in [-0.25, -0.2) is 0 Å². The maximum Gasteiger partial charge on any atom is 0.416 e. The maximum absolute atomic E-state index is 12.9. The van der Waals surface area contributed by atoms with E-state index in [1.807, 2.05) is 42.5 Å². The highest BCUT2D eigenvalue weighted by atomic mass is 32.1. The van der Waals surface area contributed by atoms with Gasteiger partial charge in [0.1, 0.15) is 5.75 Å². The second kappa shape index (κ2) is 7.67. The van der Waals surface area contributed by atoms with Crippen LogP contribution in [0.2, 0.25) is 0 Å². The molecule has 3 nitrogen and oxygen atoms in total. The quantitative estimate of drug-likeness (QED) is 0.553. The third kappa shape index (κ3) is 4.77. The van der Waals surface area contributed by atoms with Crippen LogP contribution in [0.4, 0.5) is 18.9 Å². The Hall–Kier alpha value is -3.06. The van der Waals surface area contributed by atoms with Gasteiger partial charge in [0.25, 0.3) is 0 Å². The molecule has 0 aliphatic heterocycles. The standard InChI is InChI=1S/C20H15F3N2OS/c21-20(22,23)15-8-11-18(17(12-15)25-19(24)27)26-16-9-6-14(7-10-16)13-4-2-1-3-5-13/h1-12H,(H3,24,25,27). The van der Waals surface area contributed by atoms with Crippen LogP contribution in [0.15, 0.2) is 72.8 Å². The van der Waals surface area contributed by atoms with Crippen molar-refractivity contribution in [3.8, 4) is 22.6 Å². The van der Waals surface area contributed by atoms with Crippen LogP contribution in [-0.4, -0.2) is 5.11 Å². The van der Waals surface area contributed by atoms with E-state index in [1.165, 1.54) is 6.07 Å². The van der Waals surface area contributed by atoms with Gasteiger partial charge in [-0.15, -0.1) is 0 Å². The Labute approximate surface area is 159 Å². The number of alkyl halides is 3. The molecule has 0 radical (unpaired) electrons. The average molecular weight is 388 g/mol. The van der Waals surface area contributed by atoms with E-state index in [4.69, 9.17) is 22.7 Å². The third-order valence-electron chi connectivity index (χ3n) is 3.75. The van der Waals surface area contributed by atoms with E-state index in [-0.39, 0.29) is 16.5 Å². The smallest absolute Gasteiger partial charge is 0.416 e. The third-order valence-corrected chi connectivity index (χ3v) is 3.86. The van der Waals surface area contributed by atoms with E-state index >= 15 is 0 Å². The first-order chi connectivity index (χ1) is 12.8. The molecule has 0 spiro atoms. The molecule has 3 N–H and O–H groups in total. The van der Waals surface area contributed by atoms with Crippen molar-refractivity contribution in [2.24, 2.45) is 5.73 Å². The largest absolute Gasteiger partial charge is 0.455 e. The number of nitrogens with one attached hydrogen (secondary N) is 1. The molecule has 138 valence electrons. The highest BCUT2D eigenvalue weighted by Gasteiger charge is 2.31. The number of ether oxygens (including phenoxy) is 1. The van der Waals surface area contributed by atoms with Crippen LogP contribution in [-0.2, 0) is 6.18 Å². The topological polar surface area (TPSA) is 47.3 Å². The second-order valence-corrected chi connectivity index (χ2v) is 6.13. The summed E-state index contributed by atoms with van der Waals surface area (Å²) in [6.45, 7) is 0. The molecule has 0 aromatic heterocycles. The number of hydrogen-bond acceptors (Lipinski definition) is 2. The second-order valence-electron chi connectivity index (χ2n) is 5.69. The summed E-state index contributed by atoms with van der Waals surface area (Å²) >= 11 is 4.74. The number of thiocarbonyl (C=S) groups is 1. The van der Waals surface area contributed by atoms with Gasteiger partial charge in [-0.1, -0.05) is 42.5 Å². The molecule has 0 aliphatic carbocycles. The van der Waals surface area contributed by atoms with E-state index in [2.05, 4.69) is 5.32 Å². The Bertz CT molecular complexity index is 942. The first-order valence-corrected chi connectivity index (χ1v) is 8.35. The summed E-state index contributed by atoms with van der Waals surface area (Å²) in [5, 5.41) is 2.37. The lowest BCUT2D eigenvalue weighted by atomic mass is 10.1. The highest BCUT2D eigenvalue weighted by molar-refractivity contribution is 7.80. The van der Waals surface area contributed by atoms with Crippen molar-refractivity contribution in [2.75, 3.05) is 5.32 Å². The fourth-order valence-electron chi connectivity index (χ4n) is 2.50. The molecule has 0 atom stereocenters. The summed E-state index contributed by atoms with van der Waals surface area (Å²) in [5.41, 5.74) is 6.68. The maximum atomic E-state index is 12.9. The van der Waals surface area contributed by atoms with Crippen LogP contribution in [0.5, 0.6) is 11.5 Å². The number of halogens is 3. The Balaban J connectivity index is 1.87. The number of anilines is 1.